The summed E-state index contributed by atoms with van der Waals surface area (Å²) in [6, 6.07) is 2.80. The van der Waals surface area contributed by atoms with E-state index in [2.05, 4.69) is 5.32 Å². The smallest absolute Gasteiger partial charge is 0.326 e. The van der Waals surface area contributed by atoms with Crippen LogP contribution in [0, 0.1) is 10.1 Å². The van der Waals surface area contributed by atoms with Crippen molar-refractivity contribution in [2.75, 3.05) is 12.0 Å². The van der Waals surface area contributed by atoms with Crippen LogP contribution < -0.4 is 5.32 Å². The molecule has 0 heterocycles. The normalized spacial score (nSPS) is 11.7. The van der Waals surface area contributed by atoms with Crippen LogP contribution in [0.15, 0.2) is 18.2 Å². The molecule has 1 rings (SSSR count). The predicted octanol–water partition coefficient (Wildman–Crippen LogP) is 2.18. The number of carbonyl (C=O) groups is 2. The van der Waals surface area contributed by atoms with Crippen LogP contribution >= 0.6 is 23.4 Å². The third-order valence-electron chi connectivity index (χ3n) is 2.63. The van der Waals surface area contributed by atoms with Gasteiger partial charge in [-0.15, -0.1) is 0 Å². The van der Waals surface area contributed by atoms with E-state index in [1.807, 2.05) is 6.26 Å². The number of nitro benzene ring substituents is 1. The highest BCUT2D eigenvalue weighted by Gasteiger charge is 2.27. The molecule has 0 unspecified atom stereocenters. The minimum atomic E-state index is -1.19. The Hall–Kier alpha value is -1.80. The van der Waals surface area contributed by atoms with Gasteiger partial charge in [0.25, 0.3) is 5.91 Å². The maximum atomic E-state index is 12.1. The molecular formula is C12H13ClN2O5S. The first-order valence-electron chi connectivity index (χ1n) is 5.84. The van der Waals surface area contributed by atoms with E-state index in [4.69, 9.17) is 16.7 Å². The highest BCUT2D eigenvalue weighted by atomic mass is 35.5. The van der Waals surface area contributed by atoms with Crippen molar-refractivity contribution in [3.05, 3.63) is 38.9 Å². The minimum absolute atomic E-state index is 0.177. The second-order valence-corrected chi connectivity index (χ2v) is 5.43. The van der Waals surface area contributed by atoms with Crippen LogP contribution in [-0.4, -0.2) is 40.0 Å². The van der Waals surface area contributed by atoms with Crippen molar-refractivity contribution in [2.24, 2.45) is 0 Å². The number of thioether (sulfide) groups is 1. The molecule has 1 amide bonds. The summed E-state index contributed by atoms with van der Waals surface area (Å²) in [5.74, 6) is -1.49. The lowest BCUT2D eigenvalue weighted by Gasteiger charge is -2.14. The van der Waals surface area contributed by atoms with Gasteiger partial charge in [0.15, 0.2) is 0 Å². The number of amides is 1. The molecule has 2 N–H and O–H groups in total. The standard InChI is InChI=1S/C12H13ClN2O5S/c1-21-6-5-9(12(17)18)14-11(16)7-3-2-4-8(13)10(7)15(19)20/h2-4,9H,5-6H2,1H3,(H,14,16)(H,17,18)/t9-/m1/s1. The third-order valence-corrected chi connectivity index (χ3v) is 3.58. The van der Waals surface area contributed by atoms with Gasteiger partial charge >= 0.3 is 11.7 Å². The predicted molar refractivity (Wildman–Crippen MR) is 80.0 cm³/mol. The van der Waals surface area contributed by atoms with E-state index in [1.54, 1.807) is 0 Å². The van der Waals surface area contributed by atoms with Crippen LogP contribution in [0.25, 0.3) is 0 Å². The number of nitro groups is 1. The van der Waals surface area contributed by atoms with Crippen LogP contribution in [0.3, 0.4) is 0 Å². The molecule has 0 radical (unpaired) electrons. The van der Waals surface area contributed by atoms with Crippen LogP contribution in [0.4, 0.5) is 5.69 Å². The molecule has 0 spiro atoms. The number of carbonyl (C=O) groups excluding carboxylic acids is 1. The number of nitrogens with one attached hydrogen (secondary N) is 1. The summed E-state index contributed by atoms with van der Waals surface area (Å²) in [4.78, 5) is 33.3. The Bertz CT molecular complexity index is 567. The zero-order valence-electron chi connectivity index (χ0n) is 11.0. The van der Waals surface area contributed by atoms with Gasteiger partial charge in [-0.05, 0) is 30.6 Å². The maximum Gasteiger partial charge on any atom is 0.326 e. The largest absolute Gasteiger partial charge is 0.480 e. The zero-order valence-corrected chi connectivity index (χ0v) is 12.6. The summed E-state index contributed by atoms with van der Waals surface area (Å²) in [5.41, 5.74) is -0.798. The highest BCUT2D eigenvalue weighted by Crippen LogP contribution is 2.28. The van der Waals surface area contributed by atoms with Gasteiger partial charge in [0.05, 0.1) is 4.92 Å². The van der Waals surface area contributed by atoms with E-state index in [0.717, 1.165) is 0 Å². The molecule has 0 saturated carbocycles. The lowest BCUT2D eigenvalue weighted by molar-refractivity contribution is -0.385. The van der Waals surface area contributed by atoms with Crippen molar-refractivity contribution in [3.8, 4) is 0 Å². The number of benzene rings is 1. The number of rotatable bonds is 7. The molecule has 0 aliphatic heterocycles. The van der Waals surface area contributed by atoms with Crippen LogP contribution in [0.2, 0.25) is 5.02 Å². The van der Waals surface area contributed by atoms with Crippen molar-refractivity contribution < 1.29 is 19.6 Å². The number of nitrogens with zero attached hydrogens (tertiary/aromatic N) is 1. The van der Waals surface area contributed by atoms with Gasteiger partial charge in [0.1, 0.15) is 16.6 Å². The fourth-order valence-electron chi connectivity index (χ4n) is 1.61. The molecule has 0 fully saturated rings. The van der Waals surface area contributed by atoms with E-state index in [9.17, 15) is 19.7 Å². The van der Waals surface area contributed by atoms with E-state index in [0.29, 0.717) is 5.75 Å². The SMILES string of the molecule is CSCC[C@@H](NC(=O)c1cccc(Cl)c1[N+](=O)[O-])C(=O)O. The number of hydrogen-bond acceptors (Lipinski definition) is 5. The summed E-state index contributed by atoms with van der Waals surface area (Å²) in [6.07, 6.45) is 2.03. The second-order valence-electron chi connectivity index (χ2n) is 4.04. The minimum Gasteiger partial charge on any atom is -0.480 e. The fraction of sp³-hybridized carbons (Fsp3) is 0.333. The Balaban J connectivity index is 3.00. The van der Waals surface area contributed by atoms with Crippen LogP contribution in [0.1, 0.15) is 16.8 Å². The lowest BCUT2D eigenvalue weighted by Crippen LogP contribution is -2.41. The van der Waals surface area contributed by atoms with E-state index >= 15 is 0 Å². The number of carboxylic acid groups (broad SMARTS) is 1. The zero-order chi connectivity index (χ0) is 16.0. The average Bonchev–Trinajstić information content (AvgIpc) is 2.42. The maximum absolute atomic E-state index is 12.1. The van der Waals surface area contributed by atoms with Gasteiger partial charge < -0.3 is 10.4 Å². The number of halogens is 1. The number of aliphatic carboxylic acids is 1. The van der Waals surface area contributed by atoms with Gasteiger partial charge in [0.2, 0.25) is 0 Å². The molecule has 1 aromatic rings. The summed E-state index contributed by atoms with van der Waals surface area (Å²) in [7, 11) is 0. The molecule has 9 heteroatoms. The molecule has 0 saturated heterocycles. The molecular weight excluding hydrogens is 320 g/mol. The summed E-state index contributed by atoms with van der Waals surface area (Å²) < 4.78 is 0. The van der Waals surface area contributed by atoms with Gasteiger partial charge in [-0.3, -0.25) is 14.9 Å². The summed E-state index contributed by atoms with van der Waals surface area (Å²) in [5, 5.41) is 22.1. The van der Waals surface area contributed by atoms with Gasteiger partial charge in [0, 0.05) is 0 Å². The van der Waals surface area contributed by atoms with Crippen molar-refractivity contribution in [2.45, 2.75) is 12.5 Å². The molecule has 0 aliphatic rings. The number of carboxylic acids is 1. The summed E-state index contributed by atoms with van der Waals surface area (Å²) in [6.45, 7) is 0. The quantitative estimate of drug-likeness (QED) is 0.585. The monoisotopic (exact) mass is 332 g/mol. The molecule has 21 heavy (non-hydrogen) atoms. The molecule has 1 aromatic carbocycles. The Morgan fingerprint density at radius 2 is 2.19 bits per heavy atom. The van der Waals surface area contributed by atoms with Crippen molar-refractivity contribution in [1.82, 2.24) is 5.32 Å². The fourth-order valence-corrected chi connectivity index (χ4v) is 2.33. The summed E-state index contributed by atoms with van der Waals surface area (Å²) >= 11 is 7.15. The Labute approximate surface area is 129 Å². The molecule has 1 atom stereocenters. The van der Waals surface area contributed by atoms with Gasteiger partial charge in [-0.2, -0.15) is 11.8 Å². The first-order valence-corrected chi connectivity index (χ1v) is 7.61. The van der Waals surface area contributed by atoms with Crippen molar-refractivity contribution in [3.63, 3.8) is 0 Å². The van der Waals surface area contributed by atoms with E-state index in [1.165, 1.54) is 30.0 Å². The average molecular weight is 333 g/mol. The Kier molecular flexibility index (Phi) is 6.44. The highest BCUT2D eigenvalue weighted by molar-refractivity contribution is 7.98. The van der Waals surface area contributed by atoms with E-state index < -0.39 is 28.5 Å². The molecule has 0 aromatic heterocycles. The lowest BCUT2D eigenvalue weighted by atomic mass is 10.1. The van der Waals surface area contributed by atoms with Crippen LogP contribution in [0.5, 0.6) is 0 Å². The second kappa shape index (κ2) is 7.84. The first kappa shape index (κ1) is 17.3. The van der Waals surface area contributed by atoms with Crippen LogP contribution in [-0.2, 0) is 4.79 Å². The third kappa shape index (κ3) is 4.61. The van der Waals surface area contributed by atoms with Gasteiger partial charge in [-0.25, -0.2) is 4.79 Å². The van der Waals surface area contributed by atoms with Crippen molar-refractivity contribution >= 4 is 40.9 Å². The Morgan fingerprint density at radius 3 is 2.71 bits per heavy atom. The molecule has 7 nitrogen and oxygen atoms in total. The first-order chi connectivity index (χ1) is 9.88. The number of para-hydroxylation sites is 1. The topological polar surface area (TPSA) is 110 Å². The van der Waals surface area contributed by atoms with Gasteiger partial charge in [-0.1, -0.05) is 17.7 Å². The molecule has 114 valence electrons. The molecule has 0 bridgehead atoms. The van der Waals surface area contributed by atoms with E-state index in [-0.39, 0.29) is 17.0 Å². The van der Waals surface area contributed by atoms with Crippen molar-refractivity contribution in [1.29, 1.82) is 0 Å². The molecule has 0 aliphatic carbocycles. The number of hydrogen-bond donors (Lipinski definition) is 2. The Morgan fingerprint density at radius 1 is 1.52 bits per heavy atom.